The van der Waals surface area contributed by atoms with Crippen molar-refractivity contribution in [2.24, 2.45) is 10.8 Å². The summed E-state index contributed by atoms with van der Waals surface area (Å²) in [6, 6.07) is 0.0959. The first kappa shape index (κ1) is 19.0. The Morgan fingerprint density at radius 1 is 1.28 bits per heavy atom. The van der Waals surface area contributed by atoms with Gasteiger partial charge in [0.2, 0.25) is 0 Å². The number of rotatable bonds is 3. The van der Waals surface area contributed by atoms with E-state index >= 15 is 4.39 Å². The molecule has 1 unspecified atom stereocenters. The molecule has 1 aromatic heterocycles. The summed E-state index contributed by atoms with van der Waals surface area (Å²) in [7, 11) is 2.54. The van der Waals surface area contributed by atoms with Crippen LogP contribution in [0.2, 0.25) is 17.7 Å². The summed E-state index contributed by atoms with van der Waals surface area (Å²) < 4.78 is 16.8. The Balaban J connectivity index is 2.22. The second kappa shape index (κ2) is 6.13. The Morgan fingerprint density at radius 3 is 2.36 bits per heavy atom. The van der Waals surface area contributed by atoms with E-state index in [0.29, 0.717) is 11.2 Å². The summed E-state index contributed by atoms with van der Waals surface area (Å²) in [5.74, 6) is -0.385. The molecule has 1 fully saturated rings. The minimum absolute atomic E-state index is 0.0959. The Labute approximate surface area is 157 Å². The predicted molar refractivity (Wildman–Crippen MR) is 111 cm³/mol. The van der Waals surface area contributed by atoms with Crippen molar-refractivity contribution in [1.82, 2.24) is 9.55 Å². The Morgan fingerprint density at radius 2 is 1.84 bits per heavy atom. The van der Waals surface area contributed by atoms with Crippen LogP contribution in [0, 0.1) is 16.6 Å². The molecule has 3 rings (SSSR count). The smallest absolute Gasteiger partial charge is 0.180 e. The van der Waals surface area contributed by atoms with Crippen molar-refractivity contribution in [3.63, 3.8) is 0 Å². The molecule has 25 heavy (non-hydrogen) atoms. The quantitative estimate of drug-likeness (QED) is 0.595. The van der Waals surface area contributed by atoms with Gasteiger partial charge in [-0.05, 0) is 39.5 Å². The first-order chi connectivity index (χ1) is 11.4. The number of benzene rings is 1. The normalized spacial score (nSPS) is 19.2. The maximum Gasteiger partial charge on any atom is 0.180 e. The lowest BCUT2D eigenvalue weighted by Gasteiger charge is -2.35. The average Bonchev–Trinajstić information content (AvgIpc) is 2.92. The lowest BCUT2D eigenvalue weighted by Crippen LogP contribution is -2.31. The van der Waals surface area contributed by atoms with Gasteiger partial charge in [0.15, 0.2) is 12.5 Å². The number of hydrogen-bond donors (Lipinski definition) is 1. The summed E-state index contributed by atoms with van der Waals surface area (Å²) >= 11 is 6.58. The largest absolute Gasteiger partial charge is 0.379 e. The average molecular weight is 382 g/mol. The van der Waals surface area contributed by atoms with E-state index in [-0.39, 0.29) is 34.4 Å². The Bertz CT molecular complexity index is 816. The van der Waals surface area contributed by atoms with Crippen molar-refractivity contribution in [1.29, 1.82) is 0 Å². The summed E-state index contributed by atoms with van der Waals surface area (Å²) in [5.41, 5.74) is 2.32. The molecule has 1 N–H and O–H groups in total. The molecule has 1 aromatic carbocycles. The molecular formula is C18H27BClFN3P. The van der Waals surface area contributed by atoms with Crippen LogP contribution in [0.5, 0.6) is 0 Å². The molecule has 3 nitrogen and oxygen atoms in total. The number of halogens is 2. The highest BCUT2D eigenvalue weighted by Crippen LogP contribution is 2.53. The van der Waals surface area contributed by atoms with Crippen LogP contribution in [0.1, 0.15) is 41.5 Å². The molecular weight excluding hydrogens is 354 g/mol. The first-order valence-corrected chi connectivity index (χ1v) is 9.76. The summed E-state index contributed by atoms with van der Waals surface area (Å²) in [6.45, 7) is 13.4. The van der Waals surface area contributed by atoms with Gasteiger partial charge in [0.05, 0.1) is 5.02 Å². The van der Waals surface area contributed by atoms with Gasteiger partial charge in [-0.3, -0.25) is 4.45 Å². The van der Waals surface area contributed by atoms with Crippen LogP contribution < -0.4 is 10.8 Å². The van der Waals surface area contributed by atoms with Crippen molar-refractivity contribution >= 4 is 49.8 Å². The van der Waals surface area contributed by atoms with Gasteiger partial charge in [0.25, 0.3) is 0 Å². The first-order valence-electron chi connectivity index (χ1n) is 8.86. The lowest BCUT2D eigenvalue weighted by atomic mass is 9.41. The van der Waals surface area contributed by atoms with Crippen molar-refractivity contribution in [2.75, 3.05) is 5.32 Å². The van der Waals surface area contributed by atoms with Gasteiger partial charge in [0.1, 0.15) is 11.2 Å². The summed E-state index contributed by atoms with van der Waals surface area (Å²) in [5, 5.41) is 8.86. The maximum atomic E-state index is 15.1. The third-order valence-corrected chi connectivity index (χ3v) is 6.73. The van der Waals surface area contributed by atoms with Crippen molar-refractivity contribution in [2.45, 2.75) is 60.2 Å². The molecule has 0 aliphatic carbocycles. The Kier molecular flexibility index (Phi) is 4.65. The molecule has 0 saturated carbocycles. The van der Waals surface area contributed by atoms with E-state index in [2.05, 4.69) is 47.5 Å². The molecule has 1 aliphatic heterocycles. The zero-order valence-electron chi connectivity index (χ0n) is 15.9. The summed E-state index contributed by atoms with van der Waals surface area (Å²) in [6.07, 6.45) is 3.92. The fourth-order valence-corrected chi connectivity index (χ4v) is 4.72. The van der Waals surface area contributed by atoms with Gasteiger partial charge in [-0.1, -0.05) is 51.9 Å². The van der Waals surface area contributed by atoms with Crippen molar-refractivity contribution in [3.05, 3.63) is 17.0 Å². The van der Waals surface area contributed by atoms with E-state index in [1.54, 1.807) is 4.45 Å². The van der Waals surface area contributed by atoms with E-state index in [4.69, 9.17) is 11.6 Å². The standard InChI is InChI=1S/C18H27BClFN3P/c1-10(2)22-16-14(21)13(20)12(11-7-24(25)23-15(11)16)19-8-17(3,4)18(5,6)9-19/h7,10,22H,8-9,25H2,1-6H3. The topological polar surface area (TPSA) is 29.9 Å². The second-order valence-corrected chi connectivity index (χ2v) is 9.87. The molecule has 1 aliphatic rings. The van der Waals surface area contributed by atoms with Crippen molar-refractivity contribution in [3.8, 4) is 0 Å². The zero-order valence-corrected chi connectivity index (χ0v) is 17.8. The SMILES string of the molecule is CC(C)Nc1c(F)c(Cl)c(B2CC(C)(C)C(C)(C)C2)c2cn(P)nc12. The van der Waals surface area contributed by atoms with Crippen LogP contribution in [0.15, 0.2) is 6.20 Å². The van der Waals surface area contributed by atoms with E-state index < -0.39 is 0 Å². The summed E-state index contributed by atoms with van der Waals surface area (Å²) in [4.78, 5) is 0. The molecule has 0 bridgehead atoms. The van der Waals surface area contributed by atoms with Gasteiger partial charge >= 0.3 is 0 Å². The molecule has 0 radical (unpaired) electrons. The molecule has 1 atom stereocenters. The van der Waals surface area contributed by atoms with Gasteiger partial charge < -0.3 is 5.32 Å². The lowest BCUT2D eigenvalue weighted by molar-refractivity contribution is 0.177. The number of nitrogens with one attached hydrogen (secondary N) is 1. The van der Waals surface area contributed by atoms with Gasteiger partial charge in [-0.15, -0.1) is 0 Å². The highest BCUT2D eigenvalue weighted by atomic mass is 35.5. The predicted octanol–water partition coefficient (Wildman–Crippen LogP) is 5.06. The number of anilines is 1. The molecule has 1 saturated heterocycles. The molecule has 2 heterocycles. The van der Waals surface area contributed by atoms with E-state index in [1.807, 2.05) is 20.0 Å². The fraction of sp³-hybridized carbons (Fsp3) is 0.611. The number of fused-ring (bicyclic) bond motifs is 1. The third-order valence-electron chi connectivity index (χ3n) is 6.09. The number of hydrogen-bond acceptors (Lipinski definition) is 2. The molecule has 0 spiro atoms. The highest BCUT2D eigenvalue weighted by Gasteiger charge is 2.49. The van der Waals surface area contributed by atoms with E-state index in [0.717, 1.165) is 23.5 Å². The van der Waals surface area contributed by atoms with E-state index in [1.165, 1.54) is 0 Å². The molecule has 2 aromatic rings. The second-order valence-electron chi connectivity index (χ2n) is 8.96. The minimum atomic E-state index is -0.385. The molecule has 136 valence electrons. The van der Waals surface area contributed by atoms with Crippen LogP contribution in [0.4, 0.5) is 10.1 Å². The zero-order chi connectivity index (χ0) is 18.7. The van der Waals surface area contributed by atoms with Crippen LogP contribution >= 0.6 is 21.0 Å². The van der Waals surface area contributed by atoms with Crippen LogP contribution in [-0.2, 0) is 0 Å². The van der Waals surface area contributed by atoms with Crippen LogP contribution in [-0.4, -0.2) is 22.3 Å². The minimum Gasteiger partial charge on any atom is -0.379 e. The third kappa shape index (κ3) is 3.08. The van der Waals surface area contributed by atoms with E-state index in [9.17, 15) is 0 Å². The maximum absolute atomic E-state index is 15.1. The van der Waals surface area contributed by atoms with Crippen LogP contribution in [0.25, 0.3) is 10.9 Å². The highest BCUT2D eigenvalue weighted by molar-refractivity contribution is 7.14. The van der Waals surface area contributed by atoms with Crippen molar-refractivity contribution < 1.29 is 4.39 Å². The number of aromatic nitrogens is 2. The Hall–Kier alpha value is -0.795. The molecule has 0 amide bonds. The van der Waals surface area contributed by atoms with Crippen LogP contribution in [0.3, 0.4) is 0 Å². The fourth-order valence-electron chi connectivity index (χ4n) is 4.10. The van der Waals surface area contributed by atoms with Gasteiger partial charge in [-0.25, -0.2) is 4.39 Å². The monoisotopic (exact) mass is 381 g/mol. The molecule has 7 heteroatoms. The van der Waals surface area contributed by atoms with Gasteiger partial charge in [0, 0.05) is 17.6 Å². The number of nitrogens with zero attached hydrogens (tertiary/aromatic N) is 2. The van der Waals surface area contributed by atoms with Gasteiger partial charge in [-0.2, -0.15) is 5.10 Å².